The van der Waals surface area contributed by atoms with E-state index < -0.39 is 5.97 Å². The molecule has 0 unspecified atom stereocenters. The van der Waals surface area contributed by atoms with Gasteiger partial charge in [0, 0.05) is 16.5 Å². The third-order valence-corrected chi connectivity index (χ3v) is 4.31. The molecule has 1 aromatic heterocycles. The number of aromatic nitrogens is 1. The van der Waals surface area contributed by atoms with E-state index in [0.29, 0.717) is 0 Å². The van der Waals surface area contributed by atoms with Crippen molar-refractivity contribution in [1.82, 2.24) is 4.98 Å². The van der Waals surface area contributed by atoms with Crippen LogP contribution >= 0.6 is 0 Å². The van der Waals surface area contributed by atoms with Crippen molar-refractivity contribution in [1.29, 1.82) is 0 Å². The van der Waals surface area contributed by atoms with Crippen molar-refractivity contribution in [2.75, 3.05) is 5.32 Å². The van der Waals surface area contributed by atoms with Gasteiger partial charge in [0.15, 0.2) is 0 Å². The third-order valence-electron chi connectivity index (χ3n) is 4.31. The molecule has 4 aromatic rings. The summed E-state index contributed by atoms with van der Waals surface area (Å²) in [4.78, 5) is 15.8. The Kier molecular flexibility index (Phi) is 3.58. The maximum atomic E-state index is 11.0. The number of carboxylic acid groups (broad SMARTS) is 1. The molecule has 0 aliphatic heterocycles. The Morgan fingerprint density at radius 3 is 2.40 bits per heavy atom. The Bertz CT molecular complexity index is 1100. The molecule has 25 heavy (non-hydrogen) atoms. The molecule has 0 amide bonds. The smallest absolute Gasteiger partial charge is 0.335 e. The summed E-state index contributed by atoms with van der Waals surface area (Å²) in [6.07, 6.45) is 0. The molecule has 4 heteroatoms. The van der Waals surface area contributed by atoms with Crippen LogP contribution in [0.1, 0.15) is 15.9 Å². The number of anilines is 2. The molecule has 0 atom stereocenters. The van der Waals surface area contributed by atoms with Crippen LogP contribution in [0.5, 0.6) is 0 Å². The quantitative estimate of drug-likeness (QED) is 0.511. The summed E-state index contributed by atoms with van der Waals surface area (Å²) in [5, 5.41) is 14.6. The van der Waals surface area contributed by atoms with Crippen molar-refractivity contribution in [2.24, 2.45) is 0 Å². The predicted octanol–water partition coefficient (Wildman–Crippen LogP) is 5.14. The minimum Gasteiger partial charge on any atom is -0.478 e. The molecule has 0 aliphatic carbocycles. The maximum absolute atomic E-state index is 11.0. The van der Waals surface area contributed by atoms with Crippen LogP contribution in [0.4, 0.5) is 11.4 Å². The van der Waals surface area contributed by atoms with Gasteiger partial charge in [-0.25, -0.2) is 9.78 Å². The average Bonchev–Trinajstić information content (AvgIpc) is 2.63. The number of fused-ring (bicyclic) bond motifs is 2. The standard InChI is InChI=1S/C21H16N2O2/c1-13-5-4-7-17-19(13)23-18-8-3-2-6-16(18)20(17)22-15-11-9-14(10-12-15)21(24)25/h2-12H,1H3,(H,22,23)(H,24,25). The van der Waals surface area contributed by atoms with Gasteiger partial charge in [-0.05, 0) is 42.8 Å². The molecule has 0 saturated heterocycles. The summed E-state index contributed by atoms with van der Waals surface area (Å²) in [7, 11) is 0. The highest BCUT2D eigenvalue weighted by atomic mass is 16.4. The van der Waals surface area contributed by atoms with Gasteiger partial charge in [0.05, 0.1) is 22.3 Å². The molecule has 0 aliphatic rings. The van der Waals surface area contributed by atoms with Crippen molar-refractivity contribution in [3.8, 4) is 0 Å². The number of hydrogen-bond donors (Lipinski definition) is 2. The van der Waals surface area contributed by atoms with Crippen molar-refractivity contribution in [2.45, 2.75) is 6.92 Å². The minimum absolute atomic E-state index is 0.269. The molecule has 0 fully saturated rings. The van der Waals surface area contributed by atoms with E-state index in [1.807, 2.05) is 30.3 Å². The van der Waals surface area contributed by atoms with Gasteiger partial charge >= 0.3 is 5.97 Å². The van der Waals surface area contributed by atoms with Gasteiger partial charge in [-0.1, -0.05) is 36.4 Å². The number of rotatable bonds is 3. The van der Waals surface area contributed by atoms with Crippen molar-refractivity contribution < 1.29 is 9.90 Å². The highest BCUT2D eigenvalue weighted by Gasteiger charge is 2.11. The van der Waals surface area contributed by atoms with Crippen molar-refractivity contribution in [3.63, 3.8) is 0 Å². The summed E-state index contributed by atoms with van der Waals surface area (Å²) in [6, 6.07) is 20.9. The first kappa shape index (κ1) is 15.1. The number of para-hydroxylation sites is 2. The summed E-state index contributed by atoms with van der Waals surface area (Å²) in [6.45, 7) is 2.05. The van der Waals surface area contributed by atoms with E-state index in [4.69, 9.17) is 10.1 Å². The summed E-state index contributed by atoms with van der Waals surface area (Å²) in [5.41, 5.74) is 5.09. The number of benzene rings is 3. The largest absolute Gasteiger partial charge is 0.478 e. The van der Waals surface area contributed by atoms with Gasteiger partial charge < -0.3 is 10.4 Å². The van der Waals surface area contributed by atoms with E-state index >= 15 is 0 Å². The molecule has 4 nitrogen and oxygen atoms in total. The number of hydrogen-bond acceptors (Lipinski definition) is 3. The first-order valence-corrected chi connectivity index (χ1v) is 8.02. The number of aromatic carboxylic acids is 1. The number of aryl methyl sites for hydroxylation is 1. The number of nitrogens with zero attached hydrogens (tertiary/aromatic N) is 1. The van der Waals surface area contributed by atoms with Crippen LogP contribution in [0.15, 0.2) is 66.7 Å². The van der Waals surface area contributed by atoms with Crippen LogP contribution in [0.25, 0.3) is 21.8 Å². The van der Waals surface area contributed by atoms with Crippen LogP contribution in [-0.2, 0) is 0 Å². The SMILES string of the molecule is Cc1cccc2c(Nc3ccc(C(=O)O)cc3)c3ccccc3nc12. The van der Waals surface area contributed by atoms with E-state index in [0.717, 1.165) is 38.7 Å². The number of pyridine rings is 1. The molecular weight excluding hydrogens is 312 g/mol. The summed E-state index contributed by atoms with van der Waals surface area (Å²) >= 11 is 0. The van der Waals surface area contributed by atoms with Crippen LogP contribution < -0.4 is 5.32 Å². The van der Waals surface area contributed by atoms with Crippen molar-refractivity contribution in [3.05, 3.63) is 77.9 Å². The lowest BCUT2D eigenvalue weighted by atomic mass is 10.0. The van der Waals surface area contributed by atoms with Gasteiger partial charge in [-0.15, -0.1) is 0 Å². The second kappa shape index (κ2) is 5.91. The topological polar surface area (TPSA) is 62.2 Å². The highest BCUT2D eigenvalue weighted by Crippen LogP contribution is 2.34. The van der Waals surface area contributed by atoms with Gasteiger partial charge in [0.25, 0.3) is 0 Å². The molecular formula is C21H16N2O2. The molecule has 1 heterocycles. The fourth-order valence-electron chi connectivity index (χ4n) is 3.03. The zero-order valence-corrected chi connectivity index (χ0v) is 13.7. The van der Waals surface area contributed by atoms with E-state index in [1.165, 1.54) is 0 Å². The van der Waals surface area contributed by atoms with Crippen molar-refractivity contribution >= 4 is 39.1 Å². The predicted molar refractivity (Wildman–Crippen MR) is 101 cm³/mol. The number of carboxylic acids is 1. The van der Waals surface area contributed by atoms with Gasteiger partial charge in [-0.2, -0.15) is 0 Å². The van der Waals surface area contributed by atoms with E-state index in [9.17, 15) is 4.79 Å². The van der Waals surface area contributed by atoms with Gasteiger partial charge in [0.2, 0.25) is 0 Å². The minimum atomic E-state index is -0.929. The zero-order valence-electron chi connectivity index (χ0n) is 13.7. The second-order valence-corrected chi connectivity index (χ2v) is 5.98. The van der Waals surface area contributed by atoms with Crippen LogP contribution in [0.2, 0.25) is 0 Å². The Labute approximate surface area is 144 Å². The lowest BCUT2D eigenvalue weighted by Crippen LogP contribution is -1.98. The van der Waals surface area contributed by atoms with Crippen LogP contribution in [-0.4, -0.2) is 16.1 Å². The second-order valence-electron chi connectivity index (χ2n) is 5.98. The zero-order chi connectivity index (χ0) is 17.4. The number of nitrogens with one attached hydrogen (secondary N) is 1. The lowest BCUT2D eigenvalue weighted by molar-refractivity contribution is 0.0697. The van der Waals surface area contributed by atoms with Gasteiger partial charge in [-0.3, -0.25) is 0 Å². The highest BCUT2D eigenvalue weighted by molar-refractivity contribution is 6.09. The van der Waals surface area contributed by atoms with Gasteiger partial charge in [0.1, 0.15) is 0 Å². The van der Waals surface area contributed by atoms with E-state index in [2.05, 4.69) is 24.4 Å². The molecule has 4 rings (SSSR count). The third kappa shape index (κ3) is 2.68. The average molecular weight is 328 g/mol. The molecule has 3 aromatic carbocycles. The monoisotopic (exact) mass is 328 g/mol. The fraction of sp³-hybridized carbons (Fsp3) is 0.0476. The molecule has 0 radical (unpaired) electrons. The Morgan fingerprint density at radius 2 is 1.64 bits per heavy atom. The normalized spacial score (nSPS) is 10.9. The first-order valence-electron chi connectivity index (χ1n) is 8.02. The molecule has 2 N–H and O–H groups in total. The molecule has 122 valence electrons. The van der Waals surface area contributed by atoms with Crippen LogP contribution in [0, 0.1) is 6.92 Å². The Hall–Kier alpha value is -3.40. The maximum Gasteiger partial charge on any atom is 0.335 e. The summed E-state index contributed by atoms with van der Waals surface area (Å²) < 4.78 is 0. The molecule has 0 saturated carbocycles. The number of carbonyl (C=O) groups is 1. The lowest BCUT2D eigenvalue weighted by Gasteiger charge is -2.14. The Morgan fingerprint density at radius 1 is 0.920 bits per heavy atom. The molecule has 0 spiro atoms. The fourth-order valence-corrected chi connectivity index (χ4v) is 3.03. The van der Waals surface area contributed by atoms with E-state index in [-0.39, 0.29) is 5.56 Å². The Balaban J connectivity index is 1.92. The van der Waals surface area contributed by atoms with E-state index in [1.54, 1.807) is 24.3 Å². The molecule has 0 bridgehead atoms. The first-order chi connectivity index (χ1) is 12.1. The van der Waals surface area contributed by atoms with Crippen LogP contribution in [0.3, 0.4) is 0 Å². The summed E-state index contributed by atoms with van der Waals surface area (Å²) in [5.74, 6) is -0.929.